The minimum Gasteiger partial charge on any atom is -0.399 e. The van der Waals surface area contributed by atoms with Gasteiger partial charge in [-0.15, -0.1) is 0 Å². The minimum absolute atomic E-state index is 0.289. The minimum atomic E-state index is -0.300. The number of hydrogen-bond acceptors (Lipinski definition) is 3. The Kier molecular flexibility index (Phi) is 2.68. The van der Waals surface area contributed by atoms with Crippen molar-refractivity contribution >= 4 is 12.6 Å². The molecule has 0 aromatic carbocycles. The Morgan fingerprint density at radius 2 is 1.74 bits per heavy atom. The average Bonchev–Trinajstić information content (AvgIpc) is 2.74. The van der Waals surface area contributed by atoms with Crippen molar-refractivity contribution in [3.05, 3.63) is 12.4 Å². The van der Waals surface area contributed by atoms with Gasteiger partial charge in [0.25, 0.3) is 0 Å². The first kappa shape index (κ1) is 13.2. The molecule has 3 rings (SSSR count). The van der Waals surface area contributed by atoms with Crippen molar-refractivity contribution in [2.75, 3.05) is 0 Å². The molecule has 0 amide bonds. The Hall–Kier alpha value is -0.805. The predicted octanol–water partition coefficient (Wildman–Crippen LogP) is 1.98. The van der Waals surface area contributed by atoms with Gasteiger partial charge in [0.1, 0.15) is 0 Å². The maximum absolute atomic E-state index is 6.03. The second-order valence-electron chi connectivity index (χ2n) is 7.37. The molecule has 0 bridgehead atoms. The molecule has 104 valence electrons. The third-order valence-corrected chi connectivity index (χ3v) is 4.83. The van der Waals surface area contributed by atoms with Gasteiger partial charge < -0.3 is 9.31 Å². The van der Waals surface area contributed by atoms with Gasteiger partial charge in [0.15, 0.2) is 0 Å². The molecular formula is C14H23BN2O2. The molecule has 0 atom stereocenters. The number of nitrogens with zero attached hydrogens (tertiary/aromatic N) is 2. The molecule has 4 nitrogen and oxygen atoms in total. The van der Waals surface area contributed by atoms with Crippen molar-refractivity contribution in [2.45, 2.75) is 65.2 Å². The highest BCUT2D eigenvalue weighted by molar-refractivity contribution is 6.61. The molecule has 2 aliphatic rings. The summed E-state index contributed by atoms with van der Waals surface area (Å²) in [5.74, 6) is 0. The van der Waals surface area contributed by atoms with E-state index in [1.54, 1.807) is 0 Å². The molecule has 1 aromatic rings. The summed E-state index contributed by atoms with van der Waals surface area (Å²) in [6, 6.07) is 0. The van der Waals surface area contributed by atoms with Crippen LogP contribution in [-0.2, 0) is 15.9 Å². The van der Waals surface area contributed by atoms with Gasteiger partial charge in [-0.3, -0.25) is 4.68 Å². The lowest BCUT2D eigenvalue weighted by molar-refractivity contribution is 0.00578. The molecule has 0 unspecified atom stereocenters. The van der Waals surface area contributed by atoms with E-state index in [1.165, 1.54) is 12.8 Å². The highest BCUT2D eigenvalue weighted by atomic mass is 16.7. The van der Waals surface area contributed by atoms with Crippen LogP contribution in [0.15, 0.2) is 12.4 Å². The van der Waals surface area contributed by atoms with Crippen LogP contribution in [0.25, 0.3) is 0 Å². The van der Waals surface area contributed by atoms with Gasteiger partial charge in [0.2, 0.25) is 0 Å². The Labute approximate surface area is 115 Å². The van der Waals surface area contributed by atoms with Crippen molar-refractivity contribution in [3.63, 3.8) is 0 Å². The van der Waals surface area contributed by atoms with Crippen LogP contribution in [0.4, 0.5) is 0 Å². The van der Waals surface area contributed by atoms with Gasteiger partial charge in [-0.25, -0.2) is 0 Å². The zero-order chi connectivity index (χ0) is 13.9. The summed E-state index contributed by atoms with van der Waals surface area (Å²) in [6.07, 6.45) is 6.54. The van der Waals surface area contributed by atoms with Crippen LogP contribution >= 0.6 is 0 Å². The summed E-state index contributed by atoms with van der Waals surface area (Å²) < 4.78 is 14.1. The van der Waals surface area contributed by atoms with E-state index in [-0.39, 0.29) is 18.3 Å². The first-order valence-corrected chi connectivity index (χ1v) is 7.09. The molecule has 1 aliphatic carbocycles. The quantitative estimate of drug-likeness (QED) is 0.781. The summed E-state index contributed by atoms with van der Waals surface area (Å²) in [4.78, 5) is 0. The van der Waals surface area contributed by atoms with Crippen LogP contribution < -0.4 is 5.46 Å². The molecule has 1 aromatic heterocycles. The molecule has 0 N–H and O–H groups in total. The molecule has 1 saturated heterocycles. The summed E-state index contributed by atoms with van der Waals surface area (Å²) in [5.41, 5.74) is 0.895. The van der Waals surface area contributed by atoms with Crippen molar-refractivity contribution < 1.29 is 9.31 Å². The van der Waals surface area contributed by atoms with Gasteiger partial charge in [-0.05, 0) is 46.0 Å². The van der Waals surface area contributed by atoms with E-state index in [9.17, 15) is 0 Å². The summed E-state index contributed by atoms with van der Waals surface area (Å²) >= 11 is 0. The Morgan fingerprint density at radius 1 is 1.16 bits per heavy atom. The van der Waals surface area contributed by atoms with Crippen molar-refractivity contribution in [2.24, 2.45) is 5.41 Å². The first-order valence-electron chi connectivity index (χ1n) is 7.09. The van der Waals surface area contributed by atoms with Crippen LogP contribution in [0.5, 0.6) is 0 Å². The monoisotopic (exact) mass is 262 g/mol. The third-order valence-electron chi connectivity index (χ3n) is 4.83. The van der Waals surface area contributed by atoms with E-state index in [4.69, 9.17) is 9.31 Å². The fourth-order valence-electron chi connectivity index (χ4n) is 2.33. The van der Waals surface area contributed by atoms with Crippen LogP contribution in [0.3, 0.4) is 0 Å². The largest absolute Gasteiger partial charge is 0.498 e. The normalized spacial score (nSPS) is 26.7. The van der Waals surface area contributed by atoms with E-state index in [0.717, 1.165) is 12.0 Å². The number of hydrogen-bond donors (Lipinski definition) is 0. The van der Waals surface area contributed by atoms with E-state index in [0.29, 0.717) is 5.41 Å². The van der Waals surface area contributed by atoms with Gasteiger partial charge >= 0.3 is 7.12 Å². The fourth-order valence-corrected chi connectivity index (χ4v) is 2.33. The molecule has 5 heteroatoms. The van der Waals surface area contributed by atoms with E-state index < -0.39 is 0 Å². The lowest BCUT2D eigenvalue weighted by atomic mass is 9.82. The first-order chi connectivity index (χ1) is 8.71. The third kappa shape index (κ3) is 2.34. The molecule has 0 spiro atoms. The van der Waals surface area contributed by atoms with Gasteiger partial charge in [-0.2, -0.15) is 5.10 Å². The number of aromatic nitrogens is 2. The van der Waals surface area contributed by atoms with Gasteiger partial charge in [0, 0.05) is 24.4 Å². The molecule has 2 heterocycles. The zero-order valence-corrected chi connectivity index (χ0v) is 12.6. The molecule has 1 aliphatic heterocycles. The van der Waals surface area contributed by atoms with Crippen molar-refractivity contribution in [1.82, 2.24) is 9.78 Å². The average molecular weight is 262 g/mol. The Balaban J connectivity index is 1.74. The maximum atomic E-state index is 6.03. The van der Waals surface area contributed by atoms with E-state index in [1.807, 2.05) is 10.9 Å². The zero-order valence-electron chi connectivity index (χ0n) is 12.6. The predicted molar refractivity (Wildman–Crippen MR) is 75.3 cm³/mol. The standard InChI is InChI=1S/C14H23BN2O2/c1-12(2)13(3,4)19-15(18-12)11-8-16-17(9-11)10-14(5)6-7-14/h8-9H,6-7,10H2,1-5H3. The Bertz CT molecular complexity index is 475. The highest BCUT2D eigenvalue weighted by Gasteiger charge is 2.52. The molecule has 1 saturated carbocycles. The molecular weight excluding hydrogens is 239 g/mol. The SMILES string of the molecule is CC1(Cn2cc(B3OC(C)(C)C(C)(C)O3)cn2)CC1. The Morgan fingerprint density at radius 3 is 2.26 bits per heavy atom. The van der Waals surface area contributed by atoms with Crippen LogP contribution in [-0.4, -0.2) is 28.1 Å². The summed E-state index contributed by atoms with van der Waals surface area (Å²) in [7, 11) is -0.300. The van der Waals surface area contributed by atoms with Crippen LogP contribution in [0, 0.1) is 5.41 Å². The van der Waals surface area contributed by atoms with E-state index >= 15 is 0 Å². The lowest BCUT2D eigenvalue weighted by Crippen LogP contribution is -2.41. The smallest absolute Gasteiger partial charge is 0.399 e. The maximum Gasteiger partial charge on any atom is 0.498 e. The number of rotatable bonds is 3. The molecule has 0 radical (unpaired) electrons. The van der Waals surface area contributed by atoms with E-state index in [2.05, 4.69) is 45.9 Å². The van der Waals surface area contributed by atoms with Gasteiger partial charge in [0.05, 0.1) is 11.2 Å². The second kappa shape index (κ2) is 3.86. The topological polar surface area (TPSA) is 36.3 Å². The van der Waals surface area contributed by atoms with Crippen LogP contribution in [0.2, 0.25) is 0 Å². The summed E-state index contributed by atoms with van der Waals surface area (Å²) in [6.45, 7) is 11.6. The van der Waals surface area contributed by atoms with Crippen molar-refractivity contribution in [3.8, 4) is 0 Å². The molecule has 2 fully saturated rings. The summed E-state index contributed by atoms with van der Waals surface area (Å²) in [5, 5.41) is 4.44. The van der Waals surface area contributed by atoms with Crippen LogP contribution in [0.1, 0.15) is 47.5 Å². The lowest BCUT2D eigenvalue weighted by Gasteiger charge is -2.32. The second-order valence-corrected chi connectivity index (χ2v) is 7.37. The highest BCUT2D eigenvalue weighted by Crippen LogP contribution is 2.46. The van der Waals surface area contributed by atoms with Crippen molar-refractivity contribution in [1.29, 1.82) is 0 Å². The van der Waals surface area contributed by atoms with Gasteiger partial charge in [-0.1, -0.05) is 6.92 Å². The molecule has 19 heavy (non-hydrogen) atoms. The fraction of sp³-hybridized carbons (Fsp3) is 0.786.